The number of anilines is 1. The van der Waals surface area contributed by atoms with E-state index in [2.05, 4.69) is 111 Å². The average Bonchev–Trinajstić information content (AvgIpc) is 3.10. The highest BCUT2D eigenvalue weighted by Crippen LogP contribution is 2.50. The van der Waals surface area contributed by atoms with E-state index in [0.29, 0.717) is 0 Å². The third kappa shape index (κ3) is 9.82. The van der Waals surface area contributed by atoms with Crippen molar-refractivity contribution in [1.82, 2.24) is 9.80 Å². The number of rotatable bonds is 6. The molecule has 1 amide bonds. The fourth-order valence-electron chi connectivity index (χ4n) is 6.95. The van der Waals surface area contributed by atoms with E-state index in [0.717, 1.165) is 51.3 Å². The number of aryl methyl sites for hydroxylation is 2. The van der Waals surface area contributed by atoms with Crippen molar-refractivity contribution in [1.29, 1.82) is 0 Å². The third-order valence-electron chi connectivity index (χ3n) is 9.39. The summed E-state index contributed by atoms with van der Waals surface area (Å²) >= 11 is 1.79. The molecule has 2 heterocycles. The Balaban J connectivity index is 0.000000662. The Morgan fingerprint density at radius 2 is 1.39 bits per heavy atom. The highest BCUT2D eigenvalue weighted by Gasteiger charge is 2.31. The van der Waals surface area contributed by atoms with Gasteiger partial charge in [0.25, 0.3) is 12.4 Å². The lowest BCUT2D eigenvalue weighted by molar-refractivity contribution is -0.122. The van der Waals surface area contributed by atoms with Crippen molar-refractivity contribution < 1.29 is 19.8 Å². The summed E-state index contributed by atoms with van der Waals surface area (Å²) in [5, 5.41) is 15.4. The lowest BCUT2D eigenvalue weighted by atomic mass is 9.80. The smallest absolute Gasteiger partial charge is 0.290 e. The molecule has 0 aliphatic carbocycles. The molecule has 0 saturated carbocycles. The van der Waals surface area contributed by atoms with Crippen molar-refractivity contribution in [2.45, 2.75) is 80.5 Å². The molecule has 0 radical (unpaired) electrons. The molecule has 0 atom stereocenters. The molecular formula is C43H55N3O4S. The van der Waals surface area contributed by atoms with E-state index in [4.69, 9.17) is 15.0 Å². The van der Waals surface area contributed by atoms with Crippen molar-refractivity contribution in [2.24, 2.45) is 0 Å². The van der Waals surface area contributed by atoms with Gasteiger partial charge in [0.2, 0.25) is 0 Å². The predicted molar refractivity (Wildman–Crippen MR) is 214 cm³/mol. The maximum atomic E-state index is 13.9. The summed E-state index contributed by atoms with van der Waals surface area (Å²) in [5.41, 5.74) is 15.9. The Labute approximate surface area is 309 Å². The van der Waals surface area contributed by atoms with Crippen LogP contribution in [-0.4, -0.2) is 70.4 Å². The quantitative estimate of drug-likeness (QED) is 0.153. The number of carbonyl (C=O) groups excluding carboxylic acids is 1. The van der Waals surface area contributed by atoms with Crippen LogP contribution in [0.2, 0.25) is 0 Å². The fraction of sp³-hybridized carbons (Fsp3) is 0.395. The lowest BCUT2D eigenvalue weighted by Crippen LogP contribution is -2.48. The number of hydrogen-bond acceptors (Lipinski definition) is 6. The lowest BCUT2D eigenvalue weighted by Gasteiger charge is -2.37. The first kappa shape index (κ1) is 39.7. The Morgan fingerprint density at radius 3 is 1.92 bits per heavy atom. The van der Waals surface area contributed by atoms with Crippen LogP contribution in [-0.2, 0) is 24.3 Å². The van der Waals surface area contributed by atoms with Crippen molar-refractivity contribution >= 4 is 30.0 Å². The van der Waals surface area contributed by atoms with Gasteiger partial charge in [0.15, 0.2) is 0 Å². The number of carboxylic acid groups (broad SMARTS) is 1. The molecule has 7 nitrogen and oxygen atoms in total. The second-order valence-corrected chi connectivity index (χ2v) is 15.3. The third-order valence-corrected chi connectivity index (χ3v) is 10.1. The van der Waals surface area contributed by atoms with Gasteiger partial charge in [-0.3, -0.25) is 14.5 Å². The summed E-state index contributed by atoms with van der Waals surface area (Å²) in [6, 6.07) is 24.2. The van der Waals surface area contributed by atoms with Crippen LogP contribution in [0.15, 0.2) is 66.7 Å². The first-order valence-corrected chi connectivity index (χ1v) is 18.9. The van der Waals surface area contributed by atoms with E-state index in [1.165, 1.54) is 66.9 Å². The Hall–Kier alpha value is -4.11. The molecule has 2 aliphatic heterocycles. The minimum atomic E-state index is -0.500. The fourth-order valence-corrected chi connectivity index (χ4v) is 7.63. The SMILES string of the molecule is CC(C)(C)O.CCc1c(C)c2c(c(C)c1-c1ccc(C)cc1)-c1cc(C(=O)N3CCN(Cc4ccc(C)cc4)CC3)ccc1CN2SC.O=CO. The summed E-state index contributed by atoms with van der Waals surface area (Å²) in [4.78, 5) is 26.7. The summed E-state index contributed by atoms with van der Waals surface area (Å²) in [5.74, 6) is 0.143. The predicted octanol–water partition coefficient (Wildman–Crippen LogP) is 8.85. The van der Waals surface area contributed by atoms with Gasteiger partial charge in [-0.2, -0.15) is 0 Å². The van der Waals surface area contributed by atoms with Gasteiger partial charge in [-0.15, -0.1) is 0 Å². The van der Waals surface area contributed by atoms with Crippen LogP contribution in [0.1, 0.15) is 77.0 Å². The molecular weight excluding hydrogens is 655 g/mol. The molecule has 0 spiro atoms. The van der Waals surface area contributed by atoms with E-state index in [-0.39, 0.29) is 12.4 Å². The molecule has 0 aromatic heterocycles. The van der Waals surface area contributed by atoms with Crippen LogP contribution in [0.25, 0.3) is 22.3 Å². The topological polar surface area (TPSA) is 84.3 Å². The number of carbonyl (C=O) groups is 2. The second-order valence-electron chi connectivity index (χ2n) is 14.5. The van der Waals surface area contributed by atoms with Crippen molar-refractivity contribution in [3.63, 3.8) is 0 Å². The summed E-state index contributed by atoms with van der Waals surface area (Å²) in [6.07, 6.45) is 3.14. The number of hydrogen-bond donors (Lipinski definition) is 2. The van der Waals surface area contributed by atoms with Crippen LogP contribution in [0.3, 0.4) is 0 Å². The van der Waals surface area contributed by atoms with E-state index in [1.54, 1.807) is 32.7 Å². The standard InChI is InChI=1S/C38H43N3OS.C4H10O.CH2O2/c1-7-33-27(4)37-36(28(5)35(33)30-14-10-26(3)11-15-30)34-22-31(16-17-32(34)24-41(37)43-6)38(42)40-20-18-39(19-21-40)23-29-12-8-25(2)9-13-29;1-4(2,3)5;2-1-3/h8-17,22H,7,18-21,23-24H2,1-6H3;5H,1-3H3;1H,(H,2,3). The number of piperazine rings is 1. The summed E-state index contributed by atoms with van der Waals surface area (Å²) in [6.45, 7) is 21.2. The zero-order chi connectivity index (χ0) is 37.5. The van der Waals surface area contributed by atoms with Crippen LogP contribution in [0, 0.1) is 27.7 Å². The first-order valence-electron chi connectivity index (χ1n) is 17.8. The molecule has 51 heavy (non-hydrogen) atoms. The van der Waals surface area contributed by atoms with Crippen LogP contribution in [0.4, 0.5) is 5.69 Å². The van der Waals surface area contributed by atoms with Crippen LogP contribution >= 0.6 is 11.9 Å². The molecule has 272 valence electrons. The van der Waals surface area contributed by atoms with Gasteiger partial charge in [-0.1, -0.05) is 84.6 Å². The van der Waals surface area contributed by atoms with Crippen LogP contribution < -0.4 is 4.31 Å². The zero-order valence-corrected chi connectivity index (χ0v) is 32.7. The number of nitrogens with zero attached hydrogens (tertiary/aromatic N) is 3. The largest absolute Gasteiger partial charge is 0.483 e. The maximum Gasteiger partial charge on any atom is 0.290 e. The van der Waals surface area contributed by atoms with Crippen molar-refractivity contribution in [2.75, 3.05) is 36.7 Å². The Morgan fingerprint density at radius 1 is 0.843 bits per heavy atom. The Bertz CT molecular complexity index is 1800. The van der Waals surface area contributed by atoms with Gasteiger partial charge in [-0.05, 0) is 112 Å². The normalized spacial score (nSPS) is 14.0. The molecule has 0 unspecified atom stereocenters. The highest BCUT2D eigenvalue weighted by molar-refractivity contribution is 7.99. The number of benzene rings is 4. The van der Waals surface area contributed by atoms with Gasteiger partial charge < -0.3 is 19.4 Å². The number of amides is 1. The number of fused-ring (bicyclic) bond motifs is 3. The van der Waals surface area contributed by atoms with E-state index < -0.39 is 5.60 Å². The summed E-state index contributed by atoms with van der Waals surface area (Å²) < 4.78 is 2.44. The maximum absolute atomic E-state index is 13.9. The molecule has 4 aromatic carbocycles. The average molecular weight is 710 g/mol. The summed E-state index contributed by atoms with van der Waals surface area (Å²) in [7, 11) is 0. The molecule has 8 heteroatoms. The monoisotopic (exact) mass is 709 g/mol. The molecule has 1 saturated heterocycles. The minimum Gasteiger partial charge on any atom is -0.483 e. The molecule has 4 aromatic rings. The zero-order valence-electron chi connectivity index (χ0n) is 31.8. The van der Waals surface area contributed by atoms with Gasteiger partial charge in [0, 0.05) is 50.1 Å². The molecule has 6 rings (SSSR count). The molecule has 2 aliphatic rings. The molecule has 2 N–H and O–H groups in total. The van der Waals surface area contributed by atoms with Crippen LogP contribution in [0.5, 0.6) is 0 Å². The second kappa shape index (κ2) is 17.4. The van der Waals surface area contributed by atoms with E-state index in [9.17, 15) is 4.79 Å². The van der Waals surface area contributed by atoms with Gasteiger partial charge in [0.1, 0.15) is 0 Å². The minimum absolute atomic E-state index is 0.143. The van der Waals surface area contributed by atoms with Gasteiger partial charge in [0.05, 0.1) is 17.8 Å². The Kier molecular flexibility index (Phi) is 13.5. The molecule has 0 bridgehead atoms. The van der Waals surface area contributed by atoms with E-state index >= 15 is 0 Å². The number of aliphatic hydroxyl groups is 1. The first-order chi connectivity index (χ1) is 24.2. The van der Waals surface area contributed by atoms with Crippen molar-refractivity contribution in [3.05, 3.63) is 111 Å². The van der Waals surface area contributed by atoms with Gasteiger partial charge >= 0.3 is 0 Å². The van der Waals surface area contributed by atoms with Gasteiger partial charge in [-0.25, -0.2) is 0 Å². The molecule has 1 fully saturated rings. The highest BCUT2D eigenvalue weighted by atomic mass is 32.2. The van der Waals surface area contributed by atoms with E-state index in [1.807, 2.05) is 11.0 Å². The van der Waals surface area contributed by atoms with Crippen molar-refractivity contribution in [3.8, 4) is 22.3 Å².